The van der Waals surface area contributed by atoms with Gasteiger partial charge in [0.1, 0.15) is 0 Å². The predicted molar refractivity (Wildman–Crippen MR) is 67.9 cm³/mol. The van der Waals surface area contributed by atoms with Crippen LogP contribution in [0.4, 0.5) is 0 Å². The molecule has 1 N–H and O–H groups in total. The summed E-state index contributed by atoms with van der Waals surface area (Å²) in [5, 5.41) is 7.36. The summed E-state index contributed by atoms with van der Waals surface area (Å²) >= 11 is 3.08. The molecule has 1 heterocycles. The summed E-state index contributed by atoms with van der Waals surface area (Å²) in [6.07, 6.45) is 0.780. The molecule has 0 aromatic carbocycles. The van der Waals surface area contributed by atoms with Gasteiger partial charge in [0.05, 0.1) is 0 Å². The quantitative estimate of drug-likeness (QED) is 0.885. The Morgan fingerprint density at radius 2 is 2.00 bits per heavy atom. The smallest absolute Gasteiger partial charge is 0.235 e. The maximum atomic E-state index is 12.1. The zero-order chi connectivity index (χ0) is 13.2. The molecule has 1 unspecified atom stereocenters. The van der Waals surface area contributed by atoms with Crippen LogP contribution in [-0.4, -0.2) is 29.5 Å². The van der Waals surface area contributed by atoms with Crippen LogP contribution < -0.4 is 4.72 Å². The lowest BCUT2D eigenvalue weighted by Gasteiger charge is -2.15. The first-order valence-corrected chi connectivity index (χ1v) is 7.59. The van der Waals surface area contributed by atoms with Gasteiger partial charge in [-0.15, -0.1) is 5.10 Å². The van der Waals surface area contributed by atoms with E-state index >= 15 is 0 Å². The molecule has 0 amide bonds. The Balaban J connectivity index is 2.90. The highest BCUT2D eigenvalue weighted by Crippen LogP contribution is 2.18. The van der Waals surface area contributed by atoms with Crippen molar-refractivity contribution in [2.75, 3.05) is 0 Å². The number of hydrogen-bond donors (Lipinski definition) is 1. The molecule has 98 valence electrons. The van der Waals surface area contributed by atoms with Gasteiger partial charge in [-0.05, 0) is 35.2 Å². The molecule has 1 aromatic heterocycles. The van der Waals surface area contributed by atoms with E-state index in [0.717, 1.165) is 6.42 Å². The second-order valence-electron chi connectivity index (χ2n) is 4.46. The van der Waals surface area contributed by atoms with E-state index in [1.807, 2.05) is 20.8 Å². The van der Waals surface area contributed by atoms with Crippen molar-refractivity contribution in [1.29, 1.82) is 0 Å². The van der Waals surface area contributed by atoms with Gasteiger partial charge < -0.3 is 0 Å². The maximum Gasteiger partial charge on any atom is 0.260 e. The van der Waals surface area contributed by atoms with Crippen LogP contribution in [0.1, 0.15) is 27.2 Å². The Labute approximate surface area is 110 Å². The molecular weight excluding hydrogens is 308 g/mol. The first-order valence-electron chi connectivity index (χ1n) is 5.31. The van der Waals surface area contributed by atoms with E-state index in [1.165, 1.54) is 4.68 Å². The van der Waals surface area contributed by atoms with Gasteiger partial charge in [0.15, 0.2) is 4.60 Å². The third-order valence-corrected chi connectivity index (χ3v) is 4.65. The zero-order valence-corrected chi connectivity index (χ0v) is 12.7. The number of nitrogens with zero attached hydrogens (tertiary/aromatic N) is 3. The number of halogens is 1. The Hall–Kier alpha value is -0.470. The minimum atomic E-state index is -3.58. The van der Waals surface area contributed by atoms with Gasteiger partial charge in [-0.1, -0.05) is 19.1 Å². The number of hydrogen-bond acceptors (Lipinski definition) is 4. The lowest BCUT2D eigenvalue weighted by atomic mass is 10.1. The van der Waals surface area contributed by atoms with Gasteiger partial charge in [0.25, 0.3) is 10.0 Å². The molecule has 0 radical (unpaired) electrons. The van der Waals surface area contributed by atoms with Gasteiger partial charge in [-0.2, -0.15) is 0 Å². The third-order valence-electron chi connectivity index (χ3n) is 2.17. The summed E-state index contributed by atoms with van der Waals surface area (Å²) in [5.41, 5.74) is 0. The van der Waals surface area contributed by atoms with Crippen LogP contribution in [-0.2, 0) is 17.1 Å². The summed E-state index contributed by atoms with van der Waals surface area (Å²) in [5.74, 6) is 0.431. The van der Waals surface area contributed by atoms with Crippen LogP contribution >= 0.6 is 15.9 Å². The van der Waals surface area contributed by atoms with Crippen molar-refractivity contribution in [3.8, 4) is 0 Å². The standard InChI is InChI=1S/C9H17BrN4O2S/c1-6(2)5-7(3)12-17(15,16)9-8(10)11-13-14(9)4/h6-7,12H,5H2,1-4H3. The highest BCUT2D eigenvalue weighted by molar-refractivity contribution is 9.10. The van der Waals surface area contributed by atoms with Gasteiger partial charge >= 0.3 is 0 Å². The van der Waals surface area contributed by atoms with Crippen LogP contribution in [0.3, 0.4) is 0 Å². The average Bonchev–Trinajstić information content (AvgIpc) is 2.43. The van der Waals surface area contributed by atoms with Crippen molar-refractivity contribution in [1.82, 2.24) is 19.7 Å². The van der Waals surface area contributed by atoms with Crippen LogP contribution in [0.5, 0.6) is 0 Å². The van der Waals surface area contributed by atoms with Crippen LogP contribution in [0.2, 0.25) is 0 Å². The average molecular weight is 325 g/mol. The monoisotopic (exact) mass is 324 g/mol. The zero-order valence-electron chi connectivity index (χ0n) is 10.3. The fourth-order valence-corrected chi connectivity index (χ4v) is 4.04. The van der Waals surface area contributed by atoms with E-state index in [1.54, 1.807) is 7.05 Å². The molecule has 8 heteroatoms. The van der Waals surface area contributed by atoms with Crippen molar-refractivity contribution >= 4 is 26.0 Å². The third kappa shape index (κ3) is 3.75. The van der Waals surface area contributed by atoms with Crippen molar-refractivity contribution in [2.45, 2.75) is 38.3 Å². The Morgan fingerprint density at radius 1 is 1.41 bits per heavy atom. The molecule has 0 aliphatic carbocycles. The highest BCUT2D eigenvalue weighted by Gasteiger charge is 2.25. The Morgan fingerprint density at radius 3 is 2.41 bits per heavy atom. The summed E-state index contributed by atoms with van der Waals surface area (Å²) in [7, 11) is -2.04. The molecule has 17 heavy (non-hydrogen) atoms. The molecular formula is C9H17BrN4O2S. The van der Waals surface area contributed by atoms with Crippen molar-refractivity contribution in [3.05, 3.63) is 4.60 Å². The second-order valence-corrected chi connectivity index (χ2v) is 6.84. The molecule has 1 rings (SSSR count). The van der Waals surface area contributed by atoms with E-state index in [9.17, 15) is 8.42 Å². The minimum absolute atomic E-state index is 0.0492. The fraction of sp³-hybridized carbons (Fsp3) is 0.778. The van der Waals surface area contributed by atoms with Gasteiger partial charge in [0, 0.05) is 13.1 Å². The number of sulfonamides is 1. The summed E-state index contributed by atoms with van der Waals surface area (Å²) in [4.78, 5) is 0. The lowest BCUT2D eigenvalue weighted by Crippen LogP contribution is -2.34. The van der Waals surface area contributed by atoms with Crippen molar-refractivity contribution in [2.24, 2.45) is 13.0 Å². The fourth-order valence-electron chi connectivity index (χ4n) is 1.68. The van der Waals surface area contributed by atoms with E-state index in [-0.39, 0.29) is 15.7 Å². The van der Waals surface area contributed by atoms with Crippen LogP contribution in [0.25, 0.3) is 0 Å². The largest absolute Gasteiger partial charge is 0.260 e. The normalized spacial score (nSPS) is 14.2. The van der Waals surface area contributed by atoms with E-state index in [2.05, 4.69) is 31.0 Å². The number of aromatic nitrogens is 3. The molecule has 0 aliphatic heterocycles. The second kappa shape index (κ2) is 5.45. The summed E-state index contributed by atoms with van der Waals surface area (Å²) in [6, 6.07) is -0.123. The molecule has 0 spiro atoms. The molecule has 0 bridgehead atoms. The Bertz CT molecular complexity index is 464. The molecule has 1 atom stereocenters. The summed E-state index contributed by atoms with van der Waals surface area (Å²) < 4.78 is 28.2. The van der Waals surface area contributed by atoms with Gasteiger partial charge in [-0.3, -0.25) is 0 Å². The van der Waals surface area contributed by atoms with Crippen molar-refractivity contribution < 1.29 is 8.42 Å². The number of aryl methyl sites for hydroxylation is 1. The SMILES string of the molecule is CC(C)CC(C)NS(=O)(=O)c1c(Br)nnn1C. The molecule has 6 nitrogen and oxygen atoms in total. The molecule has 0 saturated heterocycles. The number of nitrogens with one attached hydrogen (secondary N) is 1. The first-order chi connectivity index (χ1) is 7.74. The lowest BCUT2D eigenvalue weighted by molar-refractivity contribution is 0.478. The van der Waals surface area contributed by atoms with Gasteiger partial charge in [-0.25, -0.2) is 17.8 Å². The number of rotatable bonds is 5. The molecule has 0 aliphatic rings. The van der Waals surface area contributed by atoms with Crippen molar-refractivity contribution in [3.63, 3.8) is 0 Å². The van der Waals surface area contributed by atoms with E-state index < -0.39 is 10.0 Å². The topological polar surface area (TPSA) is 76.9 Å². The molecule has 0 saturated carbocycles. The van der Waals surface area contributed by atoms with Crippen LogP contribution in [0.15, 0.2) is 9.63 Å². The summed E-state index contributed by atoms with van der Waals surface area (Å²) in [6.45, 7) is 5.94. The van der Waals surface area contributed by atoms with Crippen LogP contribution in [0, 0.1) is 5.92 Å². The molecule has 1 aromatic rings. The predicted octanol–water partition coefficient (Wildman–Crippen LogP) is 1.29. The maximum absolute atomic E-state index is 12.1. The van der Waals surface area contributed by atoms with E-state index in [4.69, 9.17) is 0 Å². The van der Waals surface area contributed by atoms with E-state index in [0.29, 0.717) is 5.92 Å². The Kier molecular flexibility index (Phi) is 4.68. The minimum Gasteiger partial charge on any atom is -0.235 e. The van der Waals surface area contributed by atoms with Gasteiger partial charge in [0.2, 0.25) is 5.03 Å². The molecule has 0 fully saturated rings. The highest BCUT2D eigenvalue weighted by atomic mass is 79.9. The first kappa shape index (κ1) is 14.6.